The van der Waals surface area contributed by atoms with E-state index in [1.807, 2.05) is 13.0 Å². The summed E-state index contributed by atoms with van der Waals surface area (Å²) in [5, 5.41) is 5.20. The van der Waals surface area contributed by atoms with Crippen molar-refractivity contribution in [3.63, 3.8) is 0 Å². The first-order valence-corrected chi connectivity index (χ1v) is 7.51. The summed E-state index contributed by atoms with van der Waals surface area (Å²) in [4.78, 5) is 36.8. The summed E-state index contributed by atoms with van der Waals surface area (Å²) in [6, 6.07) is 7.14. The van der Waals surface area contributed by atoms with Crippen LogP contribution >= 0.6 is 0 Å². The van der Waals surface area contributed by atoms with Gasteiger partial charge >= 0.3 is 0 Å². The highest BCUT2D eigenvalue weighted by molar-refractivity contribution is 5.96. The van der Waals surface area contributed by atoms with Gasteiger partial charge in [0.2, 0.25) is 11.8 Å². The Hall–Kier alpha value is -2.37. The Morgan fingerprint density at radius 1 is 1.27 bits per heavy atom. The lowest BCUT2D eigenvalue weighted by Gasteiger charge is -2.16. The zero-order valence-corrected chi connectivity index (χ0v) is 12.7. The first-order valence-electron chi connectivity index (χ1n) is 7.51. The summed E-state index contributed by atoms with van der Waals surface area (Å²) in [7, 11) is 0. The van der Waals surface area contributed by atoms with Crippen LogP contribution in [0.4, 0.5) is 0 Å². The minimum atomic E-state index is -0.291. The summed E-state index contributed by atoms with van der Waals surface area (Å²) in [6.07, 6.45) is 1.50. The summed E-state index contributed by atoms with van der Waals surface area (Å²) >= 11 is 0. The lowest BCUT2D eigenvalue weighted by atomic mass is 10.1. The van der Waals surface area contributed by atoms with E-state index >= 15 is 0 Å². The van der Waals surface area contributed by atoms with Gasteiger partial charge in [0, 0.05) is 31.6 Å². The van der Waals surface area contributed by atoms with Gasteiger partial charge < -0.3 is 15.5 Å². The van der Waals surface area contributed by atoms with Crippen molar-refractivity contribution in [1.82, 2.24) is 15.5 Å². The van der Waals surface area contributed by atoms with Crippen molar-refractivity contribution in [2.45, 2.75) is 26.3 Å². The molecular formula is C16H21N3O3. The molecule has 2 rings (SSSR count). The standard InChI is InChI=1S/C16H21N3O3/c1-2-17-14(20)10-18-16(22)13-6-3-5-12(9-13)11-19-8-4-7-15(19)21/h3,5-6,9H,2,4,7-8,10-11H2,1H3,(H,17,20)(H,18,22). The molecule has 1 aliphatic rings. The first kappa shape index (κ1) is 16.0. The van der Waals surface area contributed by atoms with Gasteiger partial charge in [0.05, 0.1) is 6.54 Å². The second-order valence-electron chi connectivity index (χ2n) is 5.26. The van der Waals surface area contributed by atoms with E-state index in [2.05, 4.69) is 10.6 Å². The van der Waals surface area contributed by atoms with Crippen LogP contribution in [-0.4, -0.2) is 42.3 Å². The number of nitrogens with one attached hydrogen (secondary N) is 2. The molecule has 1 aromatic rings. The number of nitrogens with zero attached hydrogens (tertiary/aromatic N) is 1. The number of carbonyl (C=O) groups excluding carboxylic acids is 3. The molecule has 1 aliphatic heterocycles. The van der Waals surface area contributed by atoms with Gasteiger partial charge in [-0.3, -0.25) is 14.4 Å². The Kier molecular flexibility index (Phi) is 5.52. The second kappa shape index (κ2) is 7.59. The first-order chi connectivity index (χ1) is 10.6. The Morgan fingerprint density at radius 3 is 2.77 bits per heavy atom. The fraction of sp³-hybridized carbons (Fsp3) is 0.438. The van der Waals surface area contributed by atoms with Crippen LogP contribution in [0, 0.1) is 0 Å². The Labute approximate surface area is 129 Å². The highest BCUT2D eigenvalue weighted by atomic mass is 16.2. The Bertz CT molecular complexity index is 572. The van der Waals surface area contributed by atoms with E-state index in [9.17, 15) is 14.4 Å². The maximum absolute atomic E-state index is 12.0. The summed E-state index contributed by atoms with van der Waals surface area (Å²) in [5.74, 6) is -0.346. The number of rotatable bonds is 6. The van der Waals surface area contributed by atoms with E-state index in [4.69, 9.17) is 0 Å². The number of carbonyl (C=O) groups is 3. The van der Waals surface area contributed by atoms with Crippen LogP contribution in [-0.2, 0) is 16.1 Å². The normalized spacial score (nSPS) is 14.0. The number of likely N-dealkylation sites (tertiary alicyclic amines) is 1. The van der Waals surface area contributed by atoms with E-state index in [-0.39, 0.29) is 24.3 Å². The maximum Gasteiger partial charge on any atom is 0.251 e. The van der Waals surface area contributed by atoms with Gasteiger partial charge in [-0.15, -0.1) is 0 Å². The van der Waals surface area contributed by atoms with E-state index in [1.165, 1.54) is 0 Å². The van der Waals surface area contributed by atoms with E-state index < -0.39 is 0 Å². The lowest BCUT2D eigenvalue weighted by molar-refractivity contribution is -0.128. The zero-order valence-electron chi connectivity index (χ0n) is 12.7. The predicted octanol–water partition coefficient (Wildman–Crippen LogP) is 0.675. The smallest absolute Gasteiger partial charge is 0.251 e. The van der Waals surface area contributed by atoms with Gasteiger partial charge in [0.25, 0.3) is 5.91 Å². The summed E-state index contributed by atoms with van der Waals surface area (Å²) in [5.41, 5.74) is 1.41. The van der Waals surface area contributed by atoms with Crippen molar-refractivity contribution in [1.29, 1.82) is 0 Å². The van der Waals surface area contributed by atoms with Crippen molar-refractivity contribution in [3.8, 4) is 0 Å². The molecule has 0 aromatic heterocycles. The third-order valence-electron chi connectivity index (χ3n) is 3.52. The van der Waals surface area contributed by atoms with Gasteiger partial charge in [0.15, 0.2) is 0 Å². The van der Waals surface area contributed by atoms with Gasteiger partial charge in [0.1, 0.15) is 0 Å². The molecule has 1 fully saturated rings. The second-order valence-corrected chi connectivity index (χ2v) is 5.26. The summed E-state index contributed by atoms with van der Waals surface area (Å²) < 4.78 is 0. The van der Waals surface area contributed by atoms with Crippen LogP contribution in [0.5, 0.6) is 0 Å². The van der Waals surface area contributed by atoms with Crippen molar-refractivity contribution < 1.29 is 14.4 Å². The predicted molar refractivity (Wildman–Crippen MR) is 82.1 cm³/mol. The SMILES string of the molecule is CCNC(=O)CNC(=O)c1cccc(CN2CCCC2=O)c1. The van der Waals surface area contributed by atoms with Crippen molar-refractivity contribution in [2.75, 3.05) is 19.6 Å². The highest BCUT2D eigenvalue weighted by Crippen LogP contribution is 2.15. The lowest BCUT2D eigenvalue weighted by Crippen LogP contribution is -2.36. The molecule has 0 bridgehead atoms. The molecule has 0 atom stereocenters. The van der Waals surface area contributed by atoms with Crippen molar-refractivity contribution in [2.24, 2.45) is 0 Å². The largest absolute Gasteiger partial charge is 0.355 e. The topological polar surface area (TPSA) is 78.5 Å². The Morgan fingerprint density at radius 2 is 2.09 bits per heavy atom. The van der Waals surface area contributed by atoms with Gasteiger partial charge in [-0.05, 0) is 31.0 Å². The molecular weight excluding hydrogens is 282 g/mol. The Balaban J connectivity index is 1.94. The molecule has 0 spiro atoms. The number of likely N-dealkylation sites (N-methyl/N-ethyl adjacent to an activating group) is 1. The number of amides is 3. The van der Waals surface area contributed by atoms with Crippen LogP contribution in [0.15, 0.2) is 24.3 Å². The van der Waals surface area contributed by atoms with Gasteiger partial charge in [-0.2, -0.15) is 0 Å². The van der Waals surface area contributed by atoms with E-state index in [1.54, 1.807) is 23.1 Å². The third-order valence-corrected chi connectivity index (χ3v) is 3.52. The number of hydrogen-bond donors (Lipinski definition) is 2. The third kappa shape index (κ3) is 4.31. The molecule has 0 aliphatic carbocycles. The molecule has 1 aromatic carbocycles. The number of benzene rings is 1. The molecule has 0 saturated carbocycles. The van der Waals surface area contributed by atoms with E-state index in [0.717, 1.165) is 18.5 Å². The average Bonchev–Trinajstić information content (AvgIpc) is 2.90. The summed E-state index contributed by atoms with van der Waals surface area (Å²) in [6.45, 7) is 3.61. The molecule has 2 N–H and O–H groups in total. The molecule has 6 heteroatoms. The molecule has 118 valence electrons. The molecule has 3 amide bonds. The highest BCUT2D eigenvalue weighted by Gasteiger charge is 2.20. The monoisotopic (exact) mass is 303 g/mol. The van der Waals surface area contributed by atoms with Crippen LogP contribution in [0.3, 0.4) is 0 Å². The van der Waals surface area contributed by atoms with E-state index in [0.29, 0.717) is 25.1 Å². The minimum absolute atomic E-state index is 0.0402. The average molecular weight is 303 g/mol. The van der Waals surface area contributed by atoms with Crippen LogP contribution in [0.2, 0.25) is 0 Å². The fourth-order valence-corrected chi connectivity index (χ4v) is 2.42. The van der Waals surface area contributed by atoms with Crippen LogP contribution < -0.4 is 10.6 Å². The molecule has 1 heterocycles. The van der Waals surface area contributed by atoms with Crippen molar-refractivity contribution >= 4 is 17.7 Å². The molecule has 0 radical (unpaired) electrons. The van der Waals surface area contributed by atoms with Crippen molar-refractivity contribution in [3.05, 3.63) is 35.4 Å². The van der Waals surface area contributed by atoms with Crippen LogP contribution in [0.25, 0.3) is 0 Å². The molecule has 1 saturated heterocycles. The minimum Gasteiger partial charge on any atom is -0.355 e. The fourth-order valence-electron chi connectivity index (χ4n) is 2.42. The zero-order chi connectivity index (χ0) is 15.9. The van der Waals surface area contributed by atoms with Crippen LogP contribution in [0.1, 0.15) is 35.7 Å². The number of hydrogen-bond acceptors (Lipinski definition) is 3. The molecule has 22 heavy (non-hydrogen) atoms. The quantitative estimate of drug-likeness (QED) is 0.811. The van der Waals surface area contributed by atoms with Gasteiger partial charge in [-0.25, -0.2) is 0 Å². The van der Waals surface area contributed by atoms with Gasteiger partial charge in [-0.1, -0.05) is 12.1 Å². The molecule has 0 unspecified atom stereocenters. The molecule has 6 nitrogen and oxygen atoms in total. The maximum atomic E-state index is 12.0.